The predicted octanol–water partition coefficient (Wildman–Crippen LogP) is 4.72. The Balaban J connectivity index is 1.48. The van der Waals surface area contributed by atoms with Gasteiger partial charge in [0.1, 0.15) is 15.4 Å². The van der Waals surface area contributed by atoms with Crippen LogP contribution in [0.1, 0.15) is 26.5 Å². The molecule has 2 aromatic heterocycles. The fourth-order valence-electron chi connectivity index (χ4n) is 3.33. The highest BCUT2D eigenvalue weighted by atomic mass is 32.1. The van der Waals surface area contributed by atoms with Crippen LogP contribution in [-0.2, 0) is 9.53 Å². The number of thiophene rings is 1. The second kappa shape index (κ2) is 8.83. The number of anilines is 1. The maximum absolute atomic E-state index is 12.6. The number of nitro groups is 1. The van der Waals surface area contributed by atoms with Crippen LogP contribution in [0, 0.1) is 30.9 Å². The Kier molecular flexibility index (Phi) is 5.93. The number of fused-ring (bicyclic) bond motifs is 1. The third kappa shape index (κ3) is 4.46. The molecule has 1 N–H and O–H groups in total. The number of esters is 1. The first-order valence-corrected chi connectivity index (χ1v) is 10.8. The zero-order chi connectivity index (χ0) is 23.7. The second-order valence-electron chi connectivity index (χ2n) is 7.50. The number of nitrogens with zero attached hydrogens (tertiary/aromatic N) is 3. The topological polar surface area (TPSA) is 116 Å². The molecule has 10 heteroatoms. The van der Waals surface area contributed by atoms with Gasteiger partial charge in [-0.25, -0.2) is 9.48 Å². The summed E-state index contributed by atoms with van der Waals surface area (Å²) < 4.78 is 6.92. The number of rotatable bonds is 6. The van der Waals surface area contributed by atoms with Crippen molar-refractivity contribution >= 4 is 44.8 Å². The number of aryl methyl sites for hydroxylation is 3. The molecule has 1 amide bonds. The minimum atomic E-state index is -0.664. The van der Waals surface area contributed by atoms with Gasteiger partial charge in [-0.15, -0.1) is 11.3 Å². The minimum absolute atomic E-state index is 0.0598. The number of hydrogen-bond acceptors (Lipinski definition) is 7. The molecule has 0 saturated carbocycles. The first-order valence-electron chi connectivity index (χ1n) is 10.0. The van der Waals surface area contributed by atoms with Crippen LogP contribution < -0.4 is 5.32 Å². The van der Waals surface area contributed by atoms with Gasteiger partial charge in [0, 0.05) is 11.5 Å². The Morgan fingerprint density at radius 1 is 1.12 bits per heavy atom. The van der Waals surface area contributed by atoms with Gasteiger partial charge in [-0.1, -0.05) is 18.2 Å². The second-order valence-corrected chi connectivity index (χ2v) is 8.53. The molecule has 0 bridgehead atoms. The van der Waals surface area contributed by atoms with Crippen molar-refractivity contribution in [3.05, 3.63) is 80.3 Å². The standard InChI is InChI=1S/C23H20N4O5S/c1-13-9-18(19(27(30)31)10-14(13)2)24-21(28)12-32-23(29)20-11-17-15(3)25-26(22(17)33-20)16-7-5-4-6-8-16/h4-11H,12H2,1-3H3,(H,24,28). The van der Waals surface area contributed by atoms with E-state index in [4.69, 9.17) is 4.74 Å². The van der Waals surface area contributed by atoms with E-state index >= 15 is 0 Å². The lowest BCUT2D eigenvalue weighted by Gasteiger charge is -2.09. The lowest BCUT2D eigenvalue weighted by molar-refractivity contribution is -0.384. The summed E-state index contributed by atoms with van der Waals surface area (Å²) in [6.45, 7) is 4.82. The molecule has 33 heavy (non-hydrogen) atoms. The van der Waals surface area contributed by atoms with Crippen LogP contribution in [0.15, 0.2) is 48.5 Å². The molecule has 168 valence electrons. The summed E-state index contributed by atoms with van der Waals surface area (Å²) in [5.74, 6) is -1.32. The molecular formula is C23H20N4O5S. The molecule has 0 saturated heterocycles. The van der Waals surface area contributed by atoms with Gasteiger partial charge < -0.3 is 10.1 Å². The summed E-state index contributed by atoms with van der Waals surface area (Å²) in [7, 11) is 0. The van der Waals surface area contributed by atoms with Gasteiger partial charge in [-0.05, 0) is 56.2 Å². The van der Waals surface area contributed by atoms with E-state index in [0.717, 1.165) is 32.7 Å². The van der Waals surface area contributed by atoms with E-state index in [0.29, 0.717) is 4.88 Å². The number of ether oxygens (including phenoxy) is 1. The van der Waals surface area contributed by atoms with Crippen LogP contribution in [-0.4, -0.2) is 33.2 Å². The van der Waals surface area contributed by atoms with E-state index in [2.05, 4.69) is 10.4 Å². The number of amides is 1. The number of benzene rings is 2. The van der Waals surface area contributed by atoms with Crippen molar-refractivity contribution in [3.63, 3.8) is 0 Å². The van der Waals surface area contributed by atoms with E-state index in [9.17, 15) is 19.7 Å². The summed E-state index contributed by atoms with van der Waals surface area (Å²) in [4.78, 5) is 36.7. The summed E-state index contributed by atoms with van der Waals surface area (Å²) in [6, 6.07) is 14.2. The van der Waals surface area contributed by atoms with E-state index in [-0.39, 0.29) is 11.4 Å². The van der Waals surface area contributed by atoms with E-state index < -0.39 is 23.4 Å². The highest BCUT2D eigenvalue weighted by Crippen LogP contribution is 2.31. The number of aromatic nitrogens is 2. The lowest BCUT2D eigenvalue weighted by atomic mass is 10.1. The largest absolute Gasteiger partial charge is 0.451 e. The van der Waals surface area contributed by atoms with Crippen LogP contribution in [0.3, 0.4) is 0 Å². The number of para-hydroxylation sites is 1. The molecule has 0 spiro atoms. The van der Waals surface area contributed by atoms with Crippen molar-refractivity contribution in [1.82, 2.24) is 9.78 Å². The van der Waals surface area contributed by atoms with E-state index in [1.807, 2.05) is 37.3 Å². The Bertz CT molecular complexity index is 1390. The molecule has 0 radical (unpaired) electrons. The summed E-state index contributed by atoms with van der Waals surface area (Å²) >= 11 is 1.22. The number of nitrogens with one attached hydrogen (secondary N) is 1. The first kappa shape index (κ1) is 22.2. The van der Waals surface area contributed by atoms with Crippen molar-refractivity contribution in [3.8, 4) is 5.69 Å². The maximum atomic E-state index is 12.6. The highest BCUT2D eigenvalue weighted by molar-refractivity contribution is 7.20. The number of carbonyl (C=O) groups is 2. The van der Waals surface area contributed by atoms with Crippen molar-refractivity contribution in [2.75, 3.05) is 11.9 Å². The zero-order valence-corrected chi connectivity index (χ0v) is 18.9. The molecular weight excluding hydrogens is 444 g/mol. The molecule has 0 unspecified atom stereocenters. The van der Waals surface area contributed by atoms with Crippen molar-refractivity contribution in [1.29, 1.82) is 0 Å². The zero-order valence-electron chi connectivity index (χ0n) is 18.1. The van der Waals surface area contributed by atoms with Gasteiger partial charge in [-0.2, -0.15) is 5.10 Å². The Labute approximate surface area is 192 Å². The fraction of sp³-hybridized carbons (Fsp3) is 0.174. The van der Waals surface area contributed by atoms with Gasteiger partial charge in [0.05, 0.1) is 16.3 Å². The van der Waals surface area contributed by atoms with Gasteiger partial charge in [0.2, 0.25) is 0 Å². The van der Waals surface area contributed by atoms with E-state index in [1.54, 1.807) is 24.6 Å². The van der Waals surface area contributed by atoms with Crippen LogP contribution >= 0.6 is 11.3 Å². The lowest BCUT2D eigenvalue weighted by Crippen LogP contribution is -2.21. The average Bonchev–Trinajstić information content (AvgIpc) is 3.35. The van der Waals surface area contributed by atoms with Crippen LogP contribution in [0.4, 0.5) is 11.4 Å². The Morgan fingerprint density at radius 3 is 2.52 bits per heavy atom. The minimum Gasteiger partial charge on any atom is -0.451 e. The van der Waals surface area contributed by atoms with Crippen molar-refractivity contribution in [2.24, 2.45) is 0 Å². The molecule has 2 aromatic carbocycles. The van der Waals surface area contributed by atoms with Gasteiger partial charge >= 0.3 is 5.97 Å². The van der Waals surface area contributed by atoms with Gasteiger partial charge in [-0.3, -0.25) is 14.9 Å². The molecule has 4 rings (SSSR count). The number of nitro benzene ring substituents is 1. The quantitative estimate of drug-likeness (QED) is 0.251. The molecule has 0 aliphatic carbocycles. The Hall–Kier alpha value is -4.05. The third-order valence-electron chi connectivity index (χ3n) is 5.16. The summed E-state index contributed by atoms with van der Waals surface area (Å²) in [5, 5.41) is 19.1. The number of hydrogen-bond donors (Lipinski definition) is 1. The van der Waals surface area contributed by atoms with Crippen LogP contribution in [0.25, 0.3) is 15.9 Å². The highest BCUT2D eigenvalue weighted by Gasteiger charge is 2.21. The smallest absolute Gasteiger partial charge is 0.348 e. The molecule has 4 aromatic rings. The van der Waals surface area contributed by atoms with Gasteiger partial charge in [0.15, 0.2) is 6.61 Å². The monoisotopic (exact) mass is 464 g/mol. The van der Waals surface area contributed by atoms with Crippen LogP contribution in [0.2, 0.25) is 0 Å². The van der Waals surface area contributed by atoms with Gasteiger partial charge in [0.25, 0.3) is 11.6 Å². The SMILES string of the molecule is Cc1cc(NC(=O)COC(=O)c2cc3c(C)nn(-c4ccccc4)c3s2)c([N+](=O)[O-])cc1C. The van der Waals surface area contributed by atoms with E-state index in [1.165, 1.54) is 23.5 Å². The molecule has 0 aliphatic heterocycles. The predicted molar refractivity (Wildman–Crippen MR) is 125 cm³/mol. The molecule has 2 heterocycles. The van der Waals surface area contributed by atoms with Crippen molar-refractivity contribution < 1.29 is 19.2 Å². The van der Waals surface area contributed by atoms with Crippen LogP contribution in [0.5, 0.6) is 0 Å². The normalized spacial score (nSPS) is 10.9. The maximum Gasteiger partial charge on any atom is 0.348 e. The molecule has 0 atom stereocenters. The Morgan fingerprint density at radius 2 is 1.82 bits per heavy atom. The average molecular weight is 465 g/mol. The molecule has 0 fully saturated rings. The third-order valence-corrected chi connectivity index (χ3v) is 6.25. The fourth-order valence-corrected chi connectivity index (χ4v) is 4.41. The number of carbonyl (C=O) groups excluding carboxylic acids is 2. The first-order chi connectivity index (χ1) is 15.7. The van der Waals surface area contributed by atoms with Crippen molar-refractivity contribution in [2.45, 2.75) is 20.8 Å². The molecule has 9 nitrogen and oxygen atoms in total. The summed E-state index contributed by atoms with van der Waals surface area (Å²) in [5.41, 5.74) is 3.00. The molecule has 0 aliphatic rings. The summed E-state index contributed by atoms with van der Waals surface area (Å²) in [6.07, 6.45) is 0.